The van der Waals surface area contributed by atoms with Crippen molar-refractivity contribution in [3.63, 3.8) is 0 Å². The minimum atomic E-state index is -0.0451. The van der Waals surface area contributed by atoms with Gasteiger partial charge in [0.2, 0.25) is 0 Å². The monoisotopic (exact) mass is 460 g/mol. The van der Waals surface area contributed by atoms with E-state index in [-0.39, 0.29) is 15.0 Å². The first-order valence-electron chi connectivity index (χ1n) is 9.13. The van der Waals surface area contributed by atoms with Gasteiger partial charge in [-0.15, -0.1) is 0 Å². The van der Waals surface area contributed by atoms with Crippen LogP contribution in [0, 0.1) is 55.4 Å². The van der Waals surface area contributed by atoms with E-state index in [1.807, 2.05) is 22.7 Å². The Kier molecular flexibility index (Phi) is 4.71. The number of thiophene rings is 2. The quantitative estimate of drug-likeness (QED) is 0.315. The first-order valence-corrected chi connectivity index (χ1v) is 12.3. The molecule has 5 heteroatoms. The Morgan fingerprint density at radius 3 is 1.19 bits per heavy atom. The third-order valence-electron chi connectivity index (χ3n) is 6.10. The van der Waals surface area contributed by atoms with Crippen molar-refractivity contribution in [3.05, 3.63) is 43.1 Å². The Morgan fingerprint density at radius 2 is 0.889 bits per heavy atom. The Balaban J connectivity index is 2.12. The molecule has 4 rings (SSSR count). The molecule has 0 aliphatic rings. The van der Waals surface area contributed by atoms with Gasteiger partial charge in [-0.25, -0.2) is 0 Å². The molecule has 140 valence electrons. The zero-order valence-electron chi connectivity index (χ0n) is 17.1. The Morgan fingerprint density at radius 1 is 0.519 bits per heavy atom. The fraction of sp³-hybridized carbons (Fsp3) is 0.364. The predicted molar refractivity (Wildman–Crippen MR) is 121 cm³/mol. The molecule has 0 atom stereocenters. The van der Waals surface area contributed by atoms with Crippen LogP contribution in [0.5, 0.6) is 0 Å². The van der Waals surface area contributed by atoms with Gasteiger partial charge in [-0.2, -0.15) is 0 Å². The molecule has 0 aliphatic carbocycles. The van der Waals surface area contributed by atoms with Gasteiger partial charge in [0.05, 0.1) is 0 Å². The predicted octanol–water partition coefficient (Wildman–Crippen LogP) is 6.61. The van der Waals surface area contributed by atoms with Crippen LogP contribution in [0.1, 0.15) is 43.1 Å². The van der Waals surface area contributed by atoms with Crippen molar-refractivity contribution >= 4 is 48.7 Å². The summed E-state index contributed by atoms with van der Waals surface area (Å²) in [4.78, 5) is 5.55. The number of hydrogen-bond donors (Lipinski definition) is 0. The summed E-state index contributed by atoms with van der Waals surface area (Å²) in [6.45, 7) is 17.9. The molecule has 0 fully saturated rings. The molecule has 0 bridgehead atoms. The Labute approximate surface area is 175 Å². The van der Waals surface area contributed by atoms with Gasteiger partial charge in [-0.1, -0.05) is 0 Å². The molecule has 1 aromatic carbocycles. The third kappa shape index (κ3) is 2.71. The molecule has 0 aliphatic heterocycles. The SMILES string of the molecule is Cc1sc(-c2c(C)c(C)c(-c3sc(C)c(C)c3C)c3n[se]nc23)c(C)c1C. The van der Waals surface area contributed by atoms with E-state index in [4.69, 9.17) is 7.96 Å². The van der Waals surface area contributed by atoms with Gasteiger partial charge in [0.1, 0.15) is 0 Å². The van der Waals surface area contributed by atoms with Gasteiger partial charge in [-0.05, 0) is 0 Å². The normalized spacial score (nSPS) is 11.7. The van der Waals surface area contributed by atoms with Crippen LogP contribution in [0.3, 0.4) is 0 Å². The van der Waals surface area contributed by atoms with Crippen LogP contribution in [-0.2, 0) is 0 Å². The molecule has 3 aromatic heterocycles. The summed E-state index contributed by atoms with van der Waals surface area (Å²) in [7, 11) is 0. The average Bonchev–Trinajstić information content (AvgIpc) is 3.27. The van der Waals surface area contributed by atoms with E-state index in [2.05, 4.69) is 55.4 Å². The van der Waals surface area contributed by atoms with Crippen LogP contribution >= 0.6 is 22.7 Å². The van der Waals surface area contributed by atoms with E-state index < -0.39 is 0 Å². The van der Waals surface area contributed by atoms with Gasteiger partial charge in [-0.3, -0.25) is 0 Å². The molecule has 0 saturated carbocycles. The molecule has 4 aromatic rings. The number of rotatable bonds is 2. The van der Waals surface area contributed by atoms with Crippen molar-refractivity contribution < 1.29 is 0 Å². The maximum atomic E-state index is 4.91. The summed E-state index contributed by atoms with van der Waals surface area (Å²) in [5, 5.41) is 0. The van der Waals surface area contributed by atoms with E-state index >= 15 is 0 Å². The fourth-order valence-electron chi connectivity index (χ4n) is 3.76. The van der Waals surface area contributed by atoms with Crippen molar-refractivity contribution in [2.45, 2.75) is 55.4 Å². The maximum absolute atomic E-state index is 4.91. The molecule has 0 spiro atoms. The Bertz CT molecular complexity index is 1120. The molecule has 0 N–H and O–H groups in total. The van der Waals surface area contributed by atoms with Gasteiger partial charge < -0.3 is 0 Å². The molecule has 0 unspecified atom stereocenters. The van der Waals surface area contributed by atoms with E-state index in [1.54, 1.807) is 0 Å². The standard InChI is InChI=1S/C22H24N2S2Se/c1-9-13(5)21(25-15(9)7)17-11(3)12(4)18(20-19(17)23-27-24-20)22-14(6)10(2)16(8)26-22/h1-8H3. The van der Waals surface area contributed by atoms with Crippen molar-refractivity contribution in [3.8, 4) is 20.9 Å². The molecule has 0 radical (unpaired) electrons. The Hall–Kier alpha value is -1.26. The van der Waals surface area contributed by atoms with Crippen LogP contribution in [0.4, 0.5) is 0 Å². The fourth-order valence-corrected chi connectivity index (χ4v) is 7.48. The van der Waals surface area contributed by atoms with E-state index in [1.165, 1.54) is 64.0 Å². The second-order valence-electron chi connectivity index (χ2n) is 7.44. The van der Waals surface area contributed by atoms with Gasteiger partial charge in [0, 0.05) is 0 Å². The van der Waals surface area contributed by atoms with Crippen molar-refractivity contribution in [2.24, 2.45) is 0 Å². The first kappa shape index (κ1) is 19.1. The summed E-state index contributed by atoms with van der Waals surface area (Å²) in [6.07, 6.45) is 0. The van der Waals surface area contributed by atoms with Crippen molar-refractivity contribution in [1.29, 1.82) is 0 Å². The molecule has 0 amide bonds. The number of fused-ring (bicyclic) bond motifs is 1. The van der Waals surface area contributed by atoms with Crippen molar-refractivity contribution in [1.82, 2.24) is 7.96 Å². The number of hydrogen-bond acceptors (Lipinski definition) is 4. The van der Waals surface area contributed by atoms with Crippen LogP contribution in [0.2, 0.25) is 0 Å². The van der Waals surface area contributed by atoms with Gasteiger partial charge in [0.25, 0.3) is 0 Å². The molecule has 0 saturated heterocycles. The average molecular weight is 460 g/mol. The molecule has 3 heterocycles. The summed E-state index contributed by atoms with van der Waals surface area (Å²) >= 11 is 3.76. The van der Waals surface area contributed by atoms with Crippen LogP contribution in [0.25, 0.3) is 31.9 Å². The second kappa shape index (κ2) is 6.66. The summed E-state index contributed by atoms with van der Waals surface area (Å²) < 4.78 is 9.82. The number of benzene rings is 1. The zero-order chi connectivity index (χ0) is 19.6. The topological polar surface area (TPSA) is 25.8 Å². The molecule has 27 heavy (non-hydrogen) atoms. The number of aromatic nitrogens is 2. The summed E-state index contributed by atoms with van der Waals surface area (Å²) in [5.74, 6) is 0. The van der Waals surface area contributed by atoms with E-state index in [0.717, 1.165) is 11.0 Å². The number of nitrogens with zero attached hydrogens (tertiary/aromatic N) is 2. The zero-order valence-corrected chi connectivity index (χ0v) is 20.5. The second-order valence-corrected chi connectivity index (χ2v) is 11.0. The third-order valence-corrected chi connectivity index (χ3v) is 9.86. The van der Waals surface area contributed by atoms with Crippen LogP contribution in [0.15, 0.2) is 0 Å². The molecular formula is C22H24N2S2Se. The van der Waals surface area contributed by atoms with Gasteiger partial charge in [0.15, 0.2) is 0 Å². The number of aryl methyl sites for hydroxylation is 2. The van der Waals surface area contributed by atoms with Crippen LogP contribution < -0.4 is 0 Å². The van der Waals surface area contributed by atoms with Gasteiger partial charge >= 0.3 is 176 Å². The molecule has 2 nitrogen and oxygen atoms in total. The van der Waals surface area contributed by atoms with E-state index in [9.17, 15) is 0 Å². The molecular weight excluding hydrogens is 435 g/mol. The summed E-state index contributed by atoms with van der Waals surface area (Å²) in [5.41, 5.74) is 13.2. The van der Waals surface area contributed by atoms with E-state index in [0.29, 0.717) is 0 Å². The van der Waals surface area contributed by atoms with Crippen LogP contribution in [-0.4, -0.2) is 22.9 Å². The minimum absolute atomic E-state index is 0.0451. The van der Waals surface area contributed by atoms with Crippen molar-refractivity contribution in [2.75, 3.05) is 0 Å². The summed E-state index contributed by atoms with van der Waals surface area (Å²) in [6, 6.07) is 0. The first-order chi connectivity index (χ1) is 12.7.